The van der Waals surface area contributed by atoms with Crippen molar-refractivity contribution in [1.29, 1.82) is 0 Å². The predicted molar refractivity (Wildman–Crippen MR) is 25.9 cm³/mol. The van der Waals surface area contributed by atoms with Crippen LogP contribution in [0.25, 0.3) is 0 Å². The Morgan fingerprint density at radius 3 is 2.50 bits per heavy atom. The largest absolute Gasteiger partial charge is 0.286 e. The van der Waals surface area contributed by atoms with E-state index in [9.17, 15) is 4.79 Å². The molecule has 0 aliphatic rings. The van der Waals surface area contributed by atoms with Crippen LogP contribution in [0.4, 0.5) is 0 Å². The van der Waals surface area contributed by atoms with E-state index < -0.39 is 0 Å². The van der Waals surface area contributed by atoms with Gasteiger partial charge in [-0.3, -0.25) is 9.52 Å². The lowest BCUT2D eigenvalue weighted by Gasteiger charge is -1.79. The first-order valence-electron chi connectivity index (χ1n) is 1.36. The summed E-state index contributed by atoms with van der Waals surface area (Å²) in [7, 11) is 0. The van der Waals surface area contributed by atoms with Crippen LogP contribution in [0.2, 0.25) is 0 Å². The maximum atomic E-state index is 9.85. The maximum Gasteiger partial charge on any atom is 0.253 e. The van der Waals surface area contributed by atoms with Gasteiger partial charge in [-0.05, 0) is 6.08 Å². The molecule has 0 aromatic heterocycles. The van der Waals surface area contributed by atoms with Gasteiger partial charge in [-0.25, -0.2) is 0 Å². The summed E-state index contributed by atoms with van der Waals surface area (Å²) in [4.78, 5) is 9.85. The zero-order valence-corrected chi connectivity index (χ0v) is 3.92. The minimum Gasteiger partial charge on any atom is -0.286 e. The number of rotatable bonds is 1. The van der Waals surface area contributed by atoms with Crippen LogP contribution in [0.3, 0.4) is 0 Å². The van der Waals surface area contributed by atoms with E-state index in [-0.39, 0.29) is 5.91 Å². The van der Waals surface area contributed by atoms with Crippen LogP contribution in [0.1, 0.15) is 0 Å². The average molecular weight is 102 g/mol. The van der Waals surface area contributed by atoms with Gasteiger partial charge in [0.15, 0.2) is 0 Å². The summed E-state index contributed by atoms with van der Waals surface area (Å²) in [5.41, 5.74) is 0. The molecule has 6 heavy (non-hydrogen) atoms. The standard InChI is InChI=1S/C3H4NOS/c1-2-3(5)4-6/h2H,1H2,(H,4,5). The highest BCUT2D eigenvalue weighted by atomic mass is 32.1. The Kier molecular flexibility index (Phi) is 2.58. The molecule has 0 bridgehead atoms. The fraction of sp³-hybridized carbons (Fsp3) is 0. The second kappa shape index (κ2) is 2.78. The zero-order valence-electron chi connectivity index (χ0n) is 3.10. The van der Waals surface area contributed by atoms with Crippen molar-refractivity contribution >= 4 is 18.7 Å². The fourth-order valence-electron chi connectivity index (χ4n) is 0.0417. The molecular formula is C3H4NOS. The molecule has 0 aliphatic heterocycles. The van der Waals surface area contributed by atoms with Gasteiger partial charge in [0.25, 0.3) is 5.91 Å². The summed E-state index contributed by atoms with van der Waals surface area (Å²) in [5.74, 6) is -0.329. The average Bonchev–Trinajstić information content (AvgIpc) is 1.65. The molecule has 2 nitrogen and oxygen atoms in total. The van der Waals surface area contributed by atoms with Gasteiger partial charge >= 0.3 is 0 Å². The van der Waals surface area contributed by atoms with E-state index in [1.807, 2.05) is 4.72 Å². The quantitative estimate of drug-likeness (QED) is 0.477. The molecular weight excluding hydrogens is 98.1 g/mol. The summed E-state index contributed by atoms with van der Waals surface area (Å²) in [6.45, 7) is 3.15. The smallest absolute Gasteiger partial charge is 0.253 e. The summed E-state index contributed by atoms with van der Waals surface area (Å²) in [6, 6.07) is 0. The molecule has 3 heteroatoms. The summed E-state index contributed by atoms with van der Waals surface area (Å²) in [5, 5.41) is 0. The van der Waals surface area contributed by atoms with Crippen molar-refractivity contribution in [1.82, 2.24) is 4.72 Å². The molecule has 0 rings (SSSR count). The monoisotopic (exact) mass is 102 g/mol. The normalized spacial score (nSPS) is 6.83. The van der Waals surface area contributed by atoms with Gasteiger partial charge in [0.2, 0.25) is 0 Å². The van der Waals surface area contributed by atoms with Crippen molar-refractivity contribution in [3.63, 3.8) is 0 Å². The van der Waals surface area contributed by atoms with E-state index in [1.165, 1.54) is 0 Å². The van der Waals surface area contributed by atoms with E-state index >= 15 is 0 Å². The molecule has 1 N–H and O–H groups in total. The summed E-state index contributed by atoms with van der Waals surface area (Å²) < 4.78 is 1.94. The highest BCUT2D eigenvalue weighted by molar-refractivity contribution is 7.78. The van der Waals surface area contributed by atoms with E-state index in [1.54, 1.807) is 0 Å². The van der Waals surface area contributed by atoms with Crippen molar-refractivity contribution in [2.75, 3.05) is 0 Å². The number of carbonyl (C=O) groups is 1. The number of amides is 1. The van der Waals surface area contributed by atoms with E-state index in [0.717, 1.165) is 6.08 Å². The Morgan fingerprint density at radius 2 is 2.50 bits per heavy atom. The third kappa shape index (κ3) is 1.84. The molecule has 0 saturated heterocycles. The van der Waals surface area contributed by atoms with Gasteiger partial charge in [0.1, 0.15) is 0 Å². The van der Waals surface area contributed by atoms with Gasteiger partial charge in [-0.15, -0.1) is 0 Å². The maximum absolute atomic E-state index is 9.85. The second-order valence-corrected chi connectivity index (χ2v) is 0.875. The zero-order chi connectivity index (χ0) is 4.99. The van der Waals surface area contributed by atoms with Crippen molar-refractivity contribution in [2.24, 2.45) is 0 Å². The van der Waals surface area contributed by atoms with Crippen LogP contribution in [-0.2, 0) is 4.79 Å². The number of nitrogens with one attached hydrogen (secondary N) is 1. The molecule has 0 spiro atoms. The second-order valence-electron chi connectivity index (χ2n) is 0.670. The van der Waals surface area contributed by atoms with Crippen LogP contribution < -0.4 is 4.72 Å². The van der Waals surface area contributed by atoms with Crippen LogP contribution in [0.5, 0.6) is 0 Å². The van der Waals surface area contributed by atoms with E-state index in [4.69, 9.17) is 0 Å². The van der Waals surface area contributed by atoms with Crippen molar-refractivity contribution in [3.05, 3.63) is 12.7 Å². The van der Waals surface area contributed by atoms with Crippen molar-refractivity contribution in [2.45, 2.75) is 0 Å². The summed E-state index contributed by atoms with van der Waals surface area (Å²) >= 11 is 4.10. The Bertz CT molecular complexity index is 71.2. The first kappa shape index (κ1) is 5.56. The lowest BCUT2D eigenvalue weighted by atomic mass is 10.6. The number of hydrogen-bond acceptors (Lipinski definition) is 1. The van der Waals surface area contributed by atoms with E-state index in [0.29, 0.717) is 0 Å². The third-order valence-corrected chi connectivity index (χ3v) is 0.487. The summed E-state index contributed by atoms with van der Waals surface area (Å²) in [6.07, 6.45) is 1.12. The fourth-order valence-corrected chi connectivity index (χ4v) is 0.125. The van der Waals surface area contributed by atoms with Crippen LogP contribution in [0, 0.1) is 0 Å². The van der Waals surface area contributed by atoms with Crippen LogP contribution >= 0.6 is 12.8 Å². The molecule has 0 fully saturated rings. The first-order valence-corrected chi connectivity index (χ1v) is 1.76. The Balaban J connectivity index is 3.23. The van der Waals surface area contributed by atoms with Crippen LogP contribution in [-0.4, -0.2) is 5.91 Å². The van der Waals surface area contributed by atoms with Gasteiger partial charge < -0.3 is 0 Å². The van der Waals surface area contributed by atoms with Gasteiger partial charge in [0, 0.05) is 12.8 Å². The number of hydrogen-bond donors (Lipinski definition) is 1. The highest BCUT2D eigenvalue weighted by Crippen LogP contribution is 1.64. The molecule has 0 saturated carbocycles. The molecule has 33 valence electrons. The lowest BCUT2D eigenvalue weighted by Crippen LogP contribution is -2.06. The molecule has 0 atom stereocenters. The van der Waals surface area contributed by atoms with Gasteiger partial charge in [0.05, 0.1) is 0 Å². The Labute approximate surface area is 41.8 Å². The van der Waals surface area contributed by atoms with Crippen molar-refractivity contribution < 1.29 is 4.79 Å². The Morgan fingerprint density at radius 1 is 2.00 bits per heavy atom. The topological polar surface area (TPSA) is 29.1 Å². The highest BCUT2D eigenvalue weighted by Gasteiger charge is 1.80. The molecule has 0 aromatic rings. The molecule has 1 radical (unpaired) electrons. The number of carbonyl (C=O) groups excluding carboxylic acids is 1. The minimum atomic E-state index is -0.329. The molecule has 0 aliphatic carbocycles. The van der Waals surface area contributed by atoms with E-state index in [2.05, 4.69) is 19.4 Å². The first-order chi connectivity index (χ1) is 2.81. The lowest BCUT2D eigenvalue weighted by molar-refractivity contribution is -0.114. The molecule has 0 unspecified atom stereocenters. The van der Waals surface area contributed by atoms with Gasteiger partial charge in [-0.1, -0.05) is 6.58 Å². The minimum absolute atomic E-state index is 0.329. The molecule has 0 heterocycles. The predicted octanol–water partition coefficient (Wildman–Crippen LogP) is 0.401. The van der Waals surface area contributed by atoms with Crippen LogP contribution in [0.15, 0.2) is 12.7 Å². The molecule has 0 aromatic carbocycles. The Hall–Kier alpha value is -0.440. The van der Waals surface area contributed by atoms with Gasteiger partial charge in [-0.2, -0.15) is 0 Å². The third-order valence-electron chi connectivity index (χ3n) is 0.286. The SMILES string of the molecule is C=CC(=O)N[S]. The van der Waals surface area contributed by atoms with Crippen molar-refractivity contribution in [3.8, 4) is 0 Å². The molecule has 1 amide bonds.